The number of halogens is 1. The van der Waals surface area contributed by atoms with Gasteiger partial charge in [0.25, 0.3) is 0 Å². The molecule has 0 saturated carbocycles. The average Bonchev–Trinajstić information content (AvgIpc) is 2.86. The van der Waals surface area contributed by atoms with E-state index in [4.69, 9.17) is 11.6 Å². The first kappa shape index (κ1) is 12.7. The highest BCUT2D eigenvalue weighted by Crippen LogP contribution is 2.40. The number of benzene rings is 1. The third kappa shape index (κ3) is 2.17. The Morgan fingerprint density at radius 3 is 3.00 bits per heavy atom. The van der Waals surface area contributed by atoms with Crippen LogP contribution in [-0.2, 0) is 11.2 Å². The van der Waals surface area contributed by atoms with Gasteiger partial charge in [-0.15, -0.1) is 11.3 Å². The number of rotatable bonds is 2. The van der Waals surface area contributed by atoms with Crippen molar-refractivity contribution in [2.75, 3.05) is 6.54 Å². The van der Waals surface area contributed by atoms with Crippen LogP contribution in [0, 0.1) is 6.92 Å². The summed E-state index contributed by atoms with van der Waals surface area (Å²) in [6.45, 7) is 2.77. The van der Waals surface area contributed by atoms with Gasteiger partial charge in [-0.05, 0) is 47.5 Å². The van der Waals surface area contributed by atoms with Crippen LogP contribution >= 0.6 is 22.9 Å². The van der Waals surface area contributed by atoms with E-state index in [-0.39, 0.29) is 6.04 Å². The van der Waals surface area contributed by atoms with E-state index in [2.05, 4.69) is 11.4 Å². The summed E-state index contributed by atoms with van der Waals surface area (Å²) in [4.78, 5) is 14.4. The molecule has 1 aliphatic heterocycles. The number of nitrogens with zero attached hydrogens (tertiary/aromatic N) is 1. The molecule has 1 aromatic heterocycles. The maximum Gasteiger partial charge on any atom is 0.210 e. The summed E-state index contributed by atoms with van der Waals surface area (Å²) in [5.41, 5.74) is 3.49. The van der Waals surface area contributed by atoms with E-state index in [0.717, 1.165) is 35.5 Å². The molecule has 1 amide bonds. The Hall–Kier alpha value is -1.32. The molecule has 19 heavy (non-hydrogen) atoms. The van der Waals surface area contributed by atoms with Crippen LogP contribution in [0.15, 0.2) is 29.6 Å². The minimum absolute atomic E-state index is 0.0330. The predicted octanol–water partition coefficient (Wildman–Crippen LogP) is 3.81. The fourth-order valence-electron chi connectivity index (χ4n) is 2.61. The molecule has 1 unspecified atom stereocenters. The summed E-state index contributed by atoms with van der Waals surface area (Å²) in [6, 6.07) is 8.16. The molecule has 0 spiro atoms. The fraction of sp³-hybridized carbons (Fsp3) is 0.267. The van der Waals surface area contributed by atoms with E-state index in [9.17, 15) is 4.79 Å². The predicted molar refractivity (Wildman–Crippen MR) is 78.8 cm³/mol. The van der Waals surface area contributed by atoms with E-state index >= 15 is 0 Å². The van der Waals surface area contributed by atoms with E-state index in [1.54, 1.807) is 11.3 Å². The summed E-state index contributed by atoms with van der Waals surface area (Å²) >= 11 is 8.08. The Kier molecular flexibility index (Phi) is 3.33. The quantitative estimate of drug-likeness (QED) is 0.771. The summed E-state index contributed by atoms with van der Waals surface area (Å²) < 4.78 is 0. The first-order valence-electron chi connectivity index (χ1n) is 6.24. The standard InChI is InChI=1S/C15H14ClNOS/c1-10-2-3-12(13(16)8-10)14-15-11(5-7-19-15)4-6-17(14)9-18/h2-3,5,7-9,14H,4,6H2,1H3. The van der Waals surface area contributed by atoms with Gasteiger partial charge in [0.15, 0.2) is 0 Å². The lowest BCUT2D eigenvalue weighted by atomic mass is 9.95. The molecule has 0 radical (unpaired) electrons. The molecule has 0 N–H and O–H groups in total. The van der Waals surface area contributed by atoms with Crippen molar-refractivity contribution in [2.45, 2.75) is 19.4 Å². The Morgan fingerprint density at radius 1 is 1.42 bits per heavy atom. The van der Waals surface area contributed by atoms with Gasteiger partial charge in [0.05, 0.1) is 6.04 Å². The van der Waals surface area contributed by atoms with Gasteiger partial charge >= 0.3 is 0 Å². The van der Waals surface area contributed by atoms with Gasteiger partial charge in [0.1, 0.15) is 0 Å². The Labute approximate surface area is 121 Å². The molecule has 1 aromatic carbocycles. The number of fused-ring (bicyclic) bond motifs is 1. The van der Waals surface area contributed by atoms with E-state index in [0.29, 0.717) is 0 Å². The van der Waals surface area contributed by atoms with Gasteiger partial charge < -0.3 is 4.90 Å². The van der Waals surface area contributed by atoms with Crippen LogP contribution in [0.5, 0.6) is 0 Å². The molecule has 2 nitrogen and oxygen atoms in total. The zero-order chi connectivity index (χ0) is 13.4. The molecule has 0 aliphatic carbocycles. The SMILES string of the molecule is Cc1ccc(C2c3sccc3CCN2C=O)c(Cl)c1. The largest absolute Gasteiger partial charge is 0.333 e. The molecule has 1 aliphatic rings. The zero-order valence-corrected chi connectivity index (χ0v) is 12.2. The molecular formula is C15H14ClNOS. The molecular weight excluding hydrogens is 278 g/mol. The minimum atomic E-state index is -0.0330. The Morgan fingerprint density at radius 2 is 2.26 bits per heavy atom. The van der Waals surface area contributed by atoms with Crippen LogP contribution in [0.3, 0.4) is 0 Å². The maximum absolute atomic E-state index is 11.3. The Balaban J connectivity index is 2.13. The van der Waals surface area contributed by atoms with Crippen molar-refractivity contribution in [3.63, 3.8) is 0 Å². The molecule has 2 aromatic rings. The lowest BCUT2D eigenvalue weighted by Crippen LogP contribution is -2.34. The molecule has 0 fully saturated rings. The topological polar surface area (TPSA) is 20.3 Å². The van der Waals surface area contributed by atoms with Crippen molar-refractivity contribution < 1.29 is 4.79 Å². The number of carbonyl (C=O) groups is 1. The lowest BCUT2D eigenvalue weighted by Gasteiger charge is -2.33. The number of amides is 1. The van der Waals surface area contributed by atoms with E-state index < -0.39 is 0 Å². The normalized spacial score (nSPS) is 18.2. The number of carbonyl (C=O) groups excluding carboxylic acids is 1. The first-order valence-corrected chi connectivity index (χ1v) is 7.50. The zero-order valence-electron chi connectivity index (χ0n) is 10.6. The highest BCUT2D eigenvalue weighted by atomic mass is 35.5. The smallest absolute Gasteiger partial charge is 0.210 e. The summed E-state index contributed by atoms with van der Waals surface area (Å²) in [5, 5.41) is 2.83. The van der Waals surface area contributed by atoms with Crippen LogP contribution < -0.4 is 0 Å². The van der Waals surface area contributed by atoms with Gasteiger partial charge in [-0.2, -0.15) is 0 Å². The second-order valence-electron chi connectivity index (χ2n) is 4.83. The monoisotopic (exact) mass is 291 g/mol. The van der Waals surface area contributed by atoms with Crippen LogP contribution in [0.4, 0.5) is 0 Å². The van der Waals surface area contributed by atoms with Gasteiger partial charge in [-0.25, -0.2) is 0 Å². The lowest BCUT2D eigenvalue weighted by molar-refractivity contribution is -0.119. The highest BCUT2D eigenvalue weighted by Gasteiger charge is 2.30. The second-order valence-corrected chi connectivity index (χ2v) is 6.19. The molecule has 2 heterocycles. The molecule has 98 valence electrons. The van der Waals surface area contributed by atoms with Crippen molar-refractivity contribution in [1.29, 1.82) is 0 Å². The van der Waals surface area contributed by atoms with Crippen LogP contribution in [0.1, 0.15) is 27.6 Å². The van der Waals surface area contributed by atoms with E-state index in [1.807, 2.05) is 30.0 Å². The van der Waals surface area contributed by atoms with Gasteiger partial charge in [0, 0.05) is 16.4 Å². The van der Waals surface area contributed by atoms with Crippen molar-refractivity contribution in [2.24, 2.45) is 0 Å². The molecule has 0 bridgehead atoms. The molecule has 1 atom stereocenters. The summed E-state index contributed by atoms with van der Waals surface area (Å²) in [7, 11) is 0. The van der Waals surface area contributed by atoms with Gasteiger partial charge in [-0.1, -0.05) is 23.7 Å². The van der Waals surface area contributed by atoms with Crippen molar-refractivity contribution in [3.05, 3.63) is 56.2 Å². The van der Waals surface area contributed by atoms with Crippen molar-refractivity contribution in [3.8, 4) is 0 Å². The highest BCUT2D eigenvalue weighted by molar-refractivity contribution is 7.10. The van der Waals surface area contributed by atoms with Crippen molar-refractivity contribution in [1.82, 2.24) is 4.90 Å². The van der Waals surface area contributed by atoms with Crippen LogP contribution in [0.25, 0.3) is 0 Å². The third-order valence-corrected chi connectivity index (χ3v) is 4.92. The molecule has 3 rings (SSSR count). The average molecular weight is 292 g/mol. The van der Waals surface area contributed by atoms with E-state index in [1.165, 1.54) is 10.4 Å². The van der Waals surface area contributed by atoms with Crippen LogP contribution in [-0.4, -0.2) is 17.9 Å². The number of hydrogen-bond donors (Lipinski definition) is 0. The third-order valence-electron chi connectivity index (χ3n) is 3.59. The maximum atomic E-state index is 11.3. The van der Waals surface area contributed by atoms with Gasteiger partial charge in [0.2, 0.25) is 6.41 Å². The van der Waals surface area contributed by atoms with Gasteiger partial charge in [-0.3, -0.25) is 4.79 Å². The summed E-state index contributed by atoms with van der Waals surface area (Å²) in [5.74, 6) is 0. The molecule has 4 heteroatoms. The number of thiophene rings is 1. The minimum Gasteiger partial charge on any atom is -0.333 e. The van der Waals surface area contributed by atoms with Crippen LogP contribution in [0.2, 0.25) is 5.02 Å². The summed E-state index contributed by atoms with van der Waals surface area (Å²) in [6.07, 6.45) is 1.86. The van der Waals surface area contributed by atoms with Crippen molar-refractivity contribution >= 4 is 29.3 Å². The second kappa shape index (κ2) is 4.99. The first-order chi connectivity index (χ1) is 9.20. The molecule has 0 saturated heterocycles. The fourth-order valence-corrected chi connectivity index (χ4v) is 4.04. The number of aryl methyl sites for hydroxylation is 1. The Bertz CT molecular complexity index is 622. The number of hydrogen-bond acceptors (Lipinski definition) is 2.